The van der Waals surface area contributed by atoms with E-state index in [1.54, 1.807) is 6.07 Å². The van der Waals surface area contributed by atoms with E-state index in [2.05, 4.69) is 19.2 Å². The minimum Gasteiger partial charge on any atom is -0.376 e. The molecule has 1 aromatic rings. The van der Waals surface area contributed by atoms with E-state index in [0.717, 1.165) is 25.8 Å². The lowest BCUT2D eigenvalue weighted by atomic mass is 9.92. The molecule has 0 spiro atoms. The number of halogens is 1. The highest BCUT2D eigenvalue weighted by Crippen LogP contribution is 2.21. The fourth-order valence-electron chi connectivity index (χ4n) is 3.21. The Bertz CT molecular complexity index is 696. The summed E-state index contributed by atoms with van der Waals surface area (Å²) in [5.41, 5.74) is 0.601. The van der Waals surface area contributed by atoms with E-state index < -0.39 is 15.7 Å². The maximum Gasteiger partial charge on any atom is 0.241 e. The number of carbonyl (C=O) groups excluding carboxylic acids is 1. The number of likely N-dealkylation sites (tertiary alicyclic amines) is 1. The van der Waals surface area contributed by atoms with Gasteiger partial charge in [-0.1, -0.05) is 19.9 Å². The minimum atomic E-state index is -3.28. The first-order chi connectivity index (χ1) is 11.1. The number of anilines is 1. The Labute approximate surface area is 143 Å². The standard InChI is InChI=1S/C17H25FN2O3S/c1-12-6-13(2)10-20(9-12)17(21)8-19-15-5-4-14(16(18)7-15)11-24(3,22)23/h4-5,7,12-13,19H,6,8-11H2,1-3H3/t12-,13+. The van der Waals surface area contributed by atoms with Crippen molar-refractivity contribution in [3.8, 4) is 0 Å². The topological polar surface area (TPSA) is 66.5 Å². The molecule has 1 N–H and O–H groups in total. The Morgan fingerprint density at radius 1 is 1.29 bits per heavy atom. The average Bonchev–Trinajstić information content (AvgIpc) is 2.45. The molecule has 7 heteroatoms. The zero-order chi connectivity index (χ0) is 17.9. The van der Waals surface area contributed by atoms with Gasteiger partial charge in [0.15, 0.2) is 9.84 Å². The lowest BCUT2D eigenvalue weighted by molar-refractivity contribution is -0.131. The molecule has 0 bridgehead atoms. The molecule has 1 aliphatic heterocycles. The van der Waals surface area contributed by atoms with Crippen molar-refractivity contribution in [2.75, 3.05) is 31.2 Å². The van der Waals surface area contributed by atoms with Gasteiger partial charge >= 0.3 is 0 Å². The number of sulfone groups is 1. The van der Waals surface area contributed by atoms with E-state index in [9.17, 15) is 17.6 Å². The van der Waals surface area contributed by atoms with Crippen LogP contribution < -0.4 is 5.32 Å². The number of piperidine rings is 1. The van der Waals surface area contributed by atoms with Crippen LogP contribution in [0.1, 0.15) is 25.8 Å². The van der Waals surface area contributed by atoms with Gasteiger partial charge in [-0.2, -0.15) is 0 Å². The first-order valence-corrected chi connectivity index (χ1v) is 10.2. The van der Waals surface area contributed by atoms with Crippen LogP contribution in [0.25, 0.3) is 0 Å². The number of amides is 1. The predicted octanol–water partition coefficient (Wildman–Crippen LogP) is 2.29. The summed E-state index contributed by atoms with van der Waals surface area (Å²) in [5.74, 6) is 0.0599. The highest BCUT2D eigenvalue weighted by molar-refractivity contribution is 7.89. The van der Waals surface area contributed by atoms with Gasteiger partial charge in [-0.25, -0.2) is 12.8 Å². The highest BCUT2D eigenvalue weighted by Gasteiger charge is 2.25. The maximum atomic E-state index is 14.0. The molecule has 0 aliphatic carbocycles. The molecule has 5 nitrogen and oxygen atoms in total. The van der Waals surface area contributed by atoms with Gasteiger partial charge in [0.2, 0.25) is 5.91 Å². The van der Waals surface area contributed by atoms with E-state index in [1.807, 2.05) is 4.90 Å². The van der Waals surface area contributed by atoms with E-state index in [4.69, 9.17) is 0 Å². The van der Waals surface area contributed by atoms with E-state index >= 15 is 0 Å². The van der Waals surface area contributed by atoms with Crippen molar-refractivity contribution in [1.29, 1.82) is 0 Å². The normalized spacial score (nSPS) is 21.6. The summed E-state index contributed by atoms with van der Waals surface area (Å²) in [5, 5.41) is 2.92. The van der Waals surface area contributed by atoms with Crippen LogP contribution in [0.15, 0.2) is 18.2 Å². The number of benzene rings is 1. The first-order valence-electron chi connectivity index (χ1n) is 8.12. The van der Waals surface area contributed by atoms with Gasteiger partial charge in [0.05, 0.1) is 12.3 Å². The summed E-state index contributed by atoms with van der Waals surface area (Å²) in [6.07, 6.45) is 2.20. The molecule has 24 heavy (non-hydrogen) atoms. The van der Waals surface area contributed by atoms with Gasteiger partial charge in [0.25, 0.3) is 0 Å². The molecule has 0 radical (unpaired) electrons. The van der Waals surface area contributed by atoms with Crippen molar-refractivity contribution in [1.82, 2.24) is 4.90 Å². The number of carbonyl (C=O) groups is 1. The molecule has 1 saturated heterocycles. The molecule has 2 atom stereocenters. The highest BCUT2D eigenvalue weighted by atomic mass is 32.2. The average molecular weight is 356 g/mol. The Hall–Kier alpha value is -1.63. The quantitative estimate of drug-likeness (QED) is 0.879. The smallest absolute Gasteiger partial charge is 0.241 e. The van der Waals surface area contributed by atoms with Crippen LogP contribution in [-0.4, -0.2) is 45.1 Å². The third kappa shape index (κ3) is 5.47. The van der Waals surface area contributed by atoms with Crippen LogP contribution in [0.4, 0.5) is 10.1 Å². The van der Waals surface area contributed by atoms with Crippen LogP contribution in [0.2, 0.25) is 0 Å². The van der Waals surface area contributed by atoms with E-state index in [1.165, 1.54) is 12.1 Å². The zero-order valence-corrected chi connectivity index (χ0v) is 15.2. The largest absolute Gasteiger partial charge is 0.376 e. The van der Waals surface area contributed by atoms with Crippen molar-refractivity contribution in [2.45, 2.75) is 26.0 Å². The lowest BCUT2D eigenvalue weighted by Crippen LogP contribution is -2.44. The molecule has 1 heterocycles. The van der Waals surface area contributed by atoms with Gasteiger partial charge in [0, 0.05) is 30.6 Å². The SMILES string of the molecule is C[C@@H]1C[C@H](C)CN(C(=O)CNc2ccc(CS(C)(=O)=O)c(F)c2)C1. The van der Waals surface area contributed by atoms with Gasteiger partial charge in [-0.3, -0.25) is 4.79 Å². The molecular weight excluding hydrogens is 331 g/mol. The van der Waals surface area contributed by atoms with Crippen molar-refractivity contribution < 1.29 is 17.6 Å². The summed E-state index contributed by atoms with van der Waals surface area (Å²) in [7, 11) is -3.28. The van der Waals surface area contributed by atoms with Crippen LogP contribution in [0, 0.1) is 17.7 Å². The molecule has 2 rings (SSSR count). The fraction of sp³-hybridized carbons (Fsp3) is 0.588. The van der Waals surface area contributed by atoms with Crippen molar-refractivity contribution in [2.24, 2.45) is 11.8 Å². The molecule has 134 valence electrons. The molecule has 1 aliphatic rings. The lowest BCUT2D eigenvalue weighted by Gasteiger charge is -2.35. The molecule has 0 unspecified atom stereocenters. The summed E-state index contributed by atoms with van der Waals surface area (Å²) >= 11 is 0. The third-order valence-electron chi connectivity index (χ3n) is 4.14. The minimum absolute atomic E-state index is 0.00554. The van der Waals surface area contributed by atoms with E-state index in [0.29, 0.717) is 17.5 Å². The van der Waals surface area contributed by atoms with Crippen molar-refractivity contribution in [3.05, 3.63) is 29.6 Å². The fourth-order valence-corrected chi connectivity index (χ4v) is 4.01. The molecule has 1 amide bonds. The first kappa shape index (κ1) is 18.7. The Morgan fingerprint density at radius 3 is 2.46 bits per heavy atom. The molecule has 0 saturated carbocycles. The number of rotatable bonds is 5. The Kier molecular flexibility index (Phi) is 5.85. The summed E-state index contributed by atoms with van der Waals surface area (Å²) in [4.78, 5) is 14.1. The second-order valence-corrected chi connectivity index (χ2v) is 9.11. The predicted molar refractivity (Wildman–Crippen MR) is 93.0 cm³/mol. The number of nitrogens with one attached hydrogen (secondary N) is 1. The van der Waals surface area contributed by atoms with Crippen LogP contribution >= 0.6 is 0 Å². The van der Waals surface area contributed by atoms with E-state index in [-0.39, 0.29) is 23.8 Å². The van der Waals surface area contributed by atoms with Crippen LogP contribution in [-0.2, 0) is 20.4 Å². The maximum absolute atomic E-state index is 14.0. The summed E-state index contributed by atoms with van der Waals surface area (Å²) < 4.78 is 36.5. The monoisotopic (exact) mass is 356 g/mol. The second kappa shape index (κ2) is 7.51. The van der Waals surface area contributed by atoms with Gasteiger partial charge in [-0.05, 0) is 30.4 Å². The summed E-state index contributed by atoms with van der Waals surface area (Å²) in [6.45, 7) is 5.89. The summed E-state index contributed by atoms with van der Waals surface area (Å²) in [6, 6.07) is 4.27. The zero-order valence-electron chi connectivity index (χ0n) is 14.4. The van der Waals surface area contributed by atoms with Gasteiger partial charge < -0.3 is 10.2 Å². The van der Waals surface area contributed by atoms with Gasteiger partial charge in [0.1, 0.15) is 5.82 Å². The van der Waals surface area contributed by atoms with Crippen molar-refractivity contribution >= 4 is 21.4 Å². The van der Waals surface area contributed by atoms with Crippen LogP contribution in [0.5, 0.6) is 0 Å². The Balaban J connectivity index is 1.94. The molecular formula is C17H25FN2O3S. The van der Waals surface area contributed by atoms with Gasteiger partial charge in [-0.15, -0.1) is 0 Å². The molecule has 0 aromatic heterocycles. The van der Waals surface area contributed by atoms with Crippen molar-refractivity contribution in [3.63, 3.8) is 0 Å². The number of hydrogen-bond acceptors (Lipinski definition) is 4. The second-order valence-electron chi connectivity index (χ2n) is 6.97. The molecule has 1 aromatic carbocycles. The number of nitrogens with zero attached hydrogens (tertiary/aromatic N) is 1. The third-order valence-corrected chi connectivity index (χ3v) is 4.97. The Morgan fingerprint density at radius 2 is 1.92 bits per heavy atom. The number of hydrogen-bond donors (Lipinski definition) is 1. The van der Waals surface area contributed by atoms with Crippen LogP contribution in [0.3, 0.4) is 0 Å². The molecule has 1 fully saturated rings.